The number of nitrogens with zero attached hydrogens (tertiary/aromatic N) is 1. The molecule has 100 valence electrons. The minimum atomic E-state index is -0.157. The van der Waals surface area contributed by atoms with Gasteiger partial charge in [0.15, 0.2) is 0 Å². The van der Waals surface area contributed by atoms with Crippen molar-refractivity contribution in [3.63, 3.8) is 0 Å². The SMILES string of the molecule is CC1CN(COc2ccc(OC(C)(C)C)cc2)C1. The van der Waals surface area contributed by atoms with Crippen molar-refractivity contribution in [2.24, 2.45) is 5.92 Å². The molecule has 2 rings (SSSR count). The summed E-state index contributed by atoms with van der Waals surface area (Å²) in [5, 5.41) is 0. The molecule has 3 nitrogen and oxygen atoms in total. The Morgan fingerprint density at radius 2 is 1.67 bits per heavy atom. The average molecular weight is 249 g/mol. The molecule has 1 fully saturated rings. The molecule has 0 atom stereocenters. The van der Waals surface area contributed by atoms with Crippen molar-refractivity contribution in [3.8, 4) is 11.5 Å². The Kier molecular flexibility index (Phi) is 3.81. The first-order valence-electron chi connectivity index (χ1n) is 6.56. The summed E-state index contributed by atoms with van der Waals surface area (Å²) in [6.45, 7) is 11.4. The largest absolute Gasteiger partial charge is 0.488 e. The molecule has 1 aromatic carbocycles. The van der Waals surface area contributed by atoms with Gasteiger partial charge in [-0.05, 0) is 51.0 Å². The second-order valence-electron chi connectivity index (χ2n) is 6.10. The van der Waals surface area contributed by atoms with Crippen LogP contribution < -0.4 is 9.47 Å². The number of hydrogen-bond acceptors (Lipinski definition) is 3. The van der Waals surface area contributed by atoms with E-state index in [2.05, 4.69) is 11.8 Å². The molecule has 1 aliphatic rings. The molecule has 0 N–H and O–H groups in total. The smallest absolute Gasteiger partial charge is 0.142 e. The molecule has 0 radical (unpaired) electrons. The van der Waals surface area contributed by atoms with Gasteiger partial charge in [0.25, 0.3) is 0 Å². The molecule has 1 heterocycles. The number of rotatable bonds is 4. The van der Waals surface area contributed by atoms with Crippen LogP contribution in [-0.2, 0) is 0 Å². The van der Waals surface area contributed by atoms with E-state index in [9.17, 15) is 0 Å². The summed E-state index contributed by atoms with van der Waals surface area (Å²) in [6.07, 6.45) is 0. The van der Waals surface area contributed by atoms with Gasteiger partial charge in [0.2, 0.25) is 0 Å². The lowest BCUT2D eigenvalue weighted by atomic mass is 10.0. The monoisotopic (exact) mass is 249 g/mol. The van der Waals surface area contributed by atoms with Gasteiger partial charge in [0.1, 0.15) is 23.8 Å². The number of hydrogen-bond donors (Lipinski definition) is 0. The Labute approximate surface area is 110 Å². The molecular formula is C15H23NO2. The molecule has 0 saturated carbocycles. The minimum absolute atomic E-state index is 0.157. The second kappa shape index (κ2) is 5.19. The average Bonchev–Trinajstić information content (AvgIpc) is 2.23. The molecule has 18 heavy (non-hydrogen) atoms. The lowest BCUT2D eigenvalue weighted by Crippen LogP contribution is -2.46. The van der Waals surface area contributed by atoms with E-state index in [0.29, 0.717) is 6.73 Å². The van der Waals surface area contributed by atoms with Crippen LogP contribution in [0.15, 0.2) is 24.3 Å². The van der Waals surface area contributed by atoms with Gasteiger partial charge in [-0.1, -0.05) is 6.92 Å². The van der Waals surface area contributed by atoms with Crippen LogP contribution in [0.2, 0.25) is 0 Å². The Morgan fingerprint density at radius 1 is 1.11 bits per heavy atom. The molecule has 1 aliphatic heterocycles. The van der Waals surface area contributed by atoms with Crippen LogP contribution in [0.1, 0.15) is 27.7 Å². The maximum Gasteiger partial charge on any atom is 0.142 e. The summed E-state index contributed by atoms with van der Waals surface area (Å²) >= 11 is 0. The third kappa shape index (κ3) is 3.91. The van der Waals surface area contributed by atoms with E-state index in [-0.39, 0.29) is 5.60 Å². The van der Waals surface area contributed by atoms with Gasteiger partial charge in [-0.3, -0.25) is 4.90 Å². The first kappa shape index (κ1) is 13.2. The normalized spacial score (nSPS) is 17.3. The Morgan fingerprint density at radius 3 is 2.17 bits per heavy atom. The van der Waals surface area contributed by atoms with Crippen molar-refractivity contribution in [2.75, 3.05) is 19.8 Å². The Balaban J connectivity index is 1.80. The zero-order valence-corrected chi connectivity index (χ0v) is 11.8. The highest BCUT2D eigenvalue weighted by atomic mass is 16.5. The van der Waals surface area contributed by atoms with Crippen LogP contribution in [-0.4, -0.2) is 30.3 Å². The number of likely N-dealkylation sites (tertiary alicyclic amines) is 1. The molecule has 3 heteroatoms. The third-order valence-corrected chi connectivity index (χ3v) is 2.80. The highest BCUT2D eigenvalue weighted by molar-refractivity contribution is 5.31. The minimum Gasteiger partial charge on any atom is -0.488 e. The summed E-state index contributed by atoms with van der Waals surface area (Å²) in [6, 6.07) is 7.84. The quantitative estimate of drug-likeness (QED) is 0.818. The van der Waals surface area contributed by atoms with E-state index in [1.807, 2.05) is 45.0 Å². The first-order valence-corrected chi connectivity index (χ1v) is 6.56. The van der Waals surface area contributed by atoms with Crippen LogP contribution in [0.4, 0.5) is 0 Å². The molecular weight excluding hydrogens is 226 g/mol. The molecule has 0 aliphatic carbocycles. The fraction of sp³-hybridized carbons (Fsp3) is 0.600. The van der Waals surface area contributed by atoms with E-state index in [4.69, 9.17) is 9.47 Å². The fourth-order valence-corrected chi connectivity index (χ4v) is 2.06. The van der Waals surface area contributed by atoms with Crippen LogP contribution in [0.5, 0.6) is 11.5 Å². The highest BCUT2D eigenvalue weighted by Crippen LogP contribution is 2.22. The van der Waals surface area contributed by atoms with Crippen molar-refractivity contribution in [2.45, 2.75) is 33.3 Å². The molecule has 0 amide bonds. The molecule has 0 spiro atoms. The van der Waals surface area contributed by atoms with Crippen molar-refractivity contribution < 1.29 is 9.47 Å². The maximum atomic E-state index is 5.76. The van der Waals surface area contributed by atoms with Crippen molar-refractivity contribution in [1.29, 1.82) is 0 Å². The first-order chi connectivity index (χ1) is 8.42. The van der Waals surface area contributed by atoms with E-state index in [1.54, 1.807) is 0 Å². The summed E-state index contributed by atoms with van der Waals surface area (Å²) in [4.78, 5) is 2.30. The van der Waals surface area contributed by atoms with E-state index in [0.717, 1.165) is 30.5 Å². The van der Waals surface area contributed by atoms with Gasteiger partial charge in [-0.2, -0.15) is 0 Å². The van der Waals surface area contributed by atoms with Gasteiger partial charge < -0.3 is 9.47 Å². The van der Waals surface area contributed by atoms with E-state index >= 15 is 0 Å². The van der Waals surface area contributed by atoms with Crippen LogP contribution in [0.3, 0.4) is 0 Å². The molecule has 0 unspecified atom stereocenters. The van der Waals surface area contributed by atoms with Crippen LogP contribution in [0, 0.1) is 5.92 Å². The van der Waals surface area contributed by atoms with Crippen molar-refractivity contribution in [3.05, 3.63) is 24.3 Å². The second-order valence-corrected chi connectivity index (χ2v) is 6.10. The maximum absolute atomic E-state index is 5.76. The summed E-state index contributed by atoms with van der Waals surface area (Å²) < 4.78 is 11.5. The van der Waals surface area contributed by atoms with Gasteiger partial charge in [-0.15, -0.1) is 0 Å². The van der Waals surface area contributed by atoms with Crippen molar-refractivity contribution >= 4 is 0 Å². The third-order valence-electron chi connectivity index (χ3n) is 2.80. The standard InChI is InChI=1S/C15H23NO2/c1-12-9-16(10-12)11-17-13-5-7-14(8-6-13)18-15(2,3)4/h5-8,12H,9-11H2,1-4H3. The van der Waals surface area contributed by atoms with Gasteiger partial charge in [-0.25, -0.2) is 0 Å². The van der Waals surface area contributed by atoms with Gasteiger partial charge in [0.05, 0.1) is 0 Å². The highest BCUT2D eigenvalue weighted by Gasteiger charge is 2.22. The Hall–Kier alpha value is -1.22. The van der Waals surface area contributed by atoms with Gasteiger partial charge in [0, 0.05) is 13.1 Å². The zero-order chi connectivity index (χ0) is 13.2. The molecule has 0 aromatic heterocycles. The van der Waals surface area contributed by atoms with E-state index < -0.39 is 0 Å². The predicted octanol–water partition coefficient (Wildman–Crippen LogP) is 3.15. The number of ether oxygens (including phenoxy) is 2. The lowest BCUT2D eigenvalue weighted by molar-refractivity contribution is 0.0327. The zero-order valence-electron chi connectivity index (χ0n) is 11.8. The molecule has 1 aromatic rings. The van der Waals surface area contributed by atoms with Crippen molar-refractivity contribution in [1.82, 2.24) is 4.90 Å². The van der Waals surface area contributed by atoms with Crippen LogP contribution in [0.25, 0.3) is 0 Å². The summed E-state index contributed by atoms with van der Waals surface area (Å²) in [7, 11) is 0. The number of benzene rings is 1. The fourth-order valence-electron chi connectivity index (χ4n) is 2.06. The lowest BCUT2D eigenvalue weighted by Gasteiger charge is -2.36. The predicted molar refractivity (Wildman–Crippen MR) is 73.1 cm³/mol. The summed E-state index contributed by atoms with van der Waals surface area (Å²) in [5.41, 5.74) is -0.157. The molecule has 0 bridgehead atoms. The van der Waals surface area contributed by atoms with Crippen LogP contribution >= 0.6 is 0 Å². The van der Waals surface area contributed by atoms with Gasteiger partial charge >= 0.3 is 0 Å². The summed E-state index contributed by atoms with van der Waals surface area (Å²) in [5.74, 6) is 2.60. The molecule has 1 saturated heterocycles. The van der Waals surface area contributed by atoms with E-state index in [1.165, 1.54) is 0 Å². The Bertz CT molecular complexity index is 374. The topological polar surface area (TPSA) is 21.7 Å².